The average Bonchev–Trinajstić information content (AvgIpc) is 2.38. The molecule has 1 unspecified atom stereocenters. The van der Waals surface area contributed by atoms with Crippen LogP contribution in [0.5, 0.6) is 0 Å². The van der Waals surface area contributed by atoms with E-state index in [2.05, 4.69) is 5.32 Å². The van der Waals surface area contributed by atoms with Gasteiger partial charge in [-0.05, 0) is 24.3 Å². The monoisotopic (exact) mass is 301 g/mol. The summed E-state index contributed by atoms with van der Waals surface area (Å²) in [6, 6.07) is 5.91. The van der Waals surface area contributed by atoms with E-state index < -0.39 is 6.04 Å². The molecule has 0 aromatic heterocycles. The number of anilines is 1. The molecular formula is C13H20ClN3O3. The van der Waals surface area contributed by atoms with Crippen molar-refractivity contribution in [1.82, 2.24) is 4.90 Å². The maximum atomic E-state index is 11.7. The Balaban J connectivity index is 0.00000361. The zero-order valence-corrected chi connectivity index (χ0v) is 12.6. The third kappa shape index (κ3) is 5.16. The molecule has 1 aromatic carbocycles. The van der Waals surface area contributed by atoms with Gasteiger partial charge >= 0.3 is 0 Å². The first-order valence-corrected chi connectivity index (χ1v) is 5.82. The molecule has 0 spiro atoms. The van der Waals surface area contributed by atoms with E-state index in [9.17, 15) is 9.59 Å². The number of carbonyl (C=O) groups excluding carboxylic acids is 2. The SMILES string of the molecule is COCC(N)C(=O)Nc1ccc(C(=O)N(C)C)cc1.Cl. The minimum Gasteiger partial charge on any atom is -0.383 e. The van der Waals surface area contributed by atoms with E-state index in [0.717, 1.165) is 0 Å². The van der Waals surface area contributed by atoms with Crippen LogP contribution < -0.4 is 11.1 Å². The predicted molar refractivity (Wildman–Crippen MR) is 80.2 cm³/mol. The minimum absolute atomic E-state index is 0. The zero-order valence-electron chi connectivity index (χ0n) is 11.8. The summed E-state index contributed by atoms with van der Waals surface area (Å²) in [6.45, 7) is 0.156. The van der Waals surface area contributed by atoms with Crippen LogP contribution in [0.2, 0.25) is 0 Å². The molecule has 3 N–H and O–H groups in total. The summed E-state index contributed by atoms with van der Waals surface area (Å²) < 4.78 is 4.80. The number of nitrogens with zero attached hydrogens (tertiary/aromatic N) is 1. The van der Waals surface area contributed by atoms with E-state index in [1.807, 2.05) is 0 Å². The van der Waals surface area contributed by atoms with Crippen molar-refractivity contribution < 1.29 is 14.3 Å². The number of methoxy groups -OCH3 is 1. The van der Waals surface area contributed by atoms with Gasteiger partial charge in [0.15, 0.2) is 0 Å². The molecule has 0 aliphatic heterocycles. The lowest BCUT2D eigenvalue weighted by atomic mass is 10.2. The lowest BCUT2D eigenvalue weighted by Crippen LogP contribution is -2.39. The molecule has 0 saturated carbocycles. The summed E-state index contributed by atoms with van der Waals surface area (Å²) in [4.78, 5) is 24.8. The Morgan fingerprint density at radius 2 is 1.85 bits per heavy atom. The molecule has 6 nitrogen and oxygen atoms in total. The highest BCUT2D eigenvalue weighted by molar-refractivity contribution is 5.97. The molecule has 0 aliphatic rings. The number of rotatable bonds is 5. The Labute approximate surface area is 124 Å². The second-order valence-electron chi connectivity index (χ2n) is 4.33. The fourth-order valence-electron chi connectivity index (χ4n) is 1.44. The van der Waals surface area contributed by atoms with Crippen molar-refractivity contribution in [2.75, 3.05) is 33.1 Å². The van der Waals surface area contributed by atoms with Crippen molar-refractivity contribution in [2.24, 2.45) is 5.73 Å². The van der Waals surface area contributed by atoms with Crippen molar-refractivity contribution in [2.45, 2.75) is 6.04 Å². The van der Waals surface area contributed by atoms with Crippen LogP contribution in [0.4, 0.5) is 5.69 Å². The van der Waals surface area contributed by atoms with Gasteiger partial charge < -0.3 is 20.7 Å². The lowest BCUT2D eigenvalue weighted by molar-refractivity contribution is -0.118. The van der Waals surface area contributed by atoms with Crippen LogP contribution in [-0.4, -0.2) is 50.6 Å². The smallest absolute Gasteiger partial charge is 0.253 e. The summed E-state index contributed by atoms with van der Waals surface area (Å²) >= 11 is 0. The van der Waals surface area contributed by atoms with Gasteiger partial charge in [-0.2, -0.15) is 0 Å². The number of amides is 2. The molecule has 0 aliphatic carbocycles. The number of halogens is 1. The molecule has 1 rings (SSSR count). The van der Waals surface area contributed by atoms with Gasteiger partial charge in [0.2, 0.25) is 5.91 Å². The van der Waals surface area contributed by atoms with Gasteiger partial charge in [-0.25, -0.2) is 0 Å². The number of nitrogens with two attached hydrogens (primary N) is 1. The Bertz CT molecular complexity index is 449. The first kappa shape index (κ1) is 18.4. The Hall–Kier alpha value is -1.63. The van der Waals surface area contributed by atoms with Crippen molar-refractivity contribution in [3.63, 3.8) is 0 Å². The highest BCUT2D eigenvalue weighted by Crippen LogP contribution is 2.11. The number of carbonyl (C=O) groups is 2. The van der Waals surface area contributed by atoms with E-state index in [1.165, 1.54) is 12.0 Å². The summed E-state index contributed by atoms with van der Waals surface area (Å²) in [6.07, 6.45) is 0. The van der Waals surface area contributed by atoms with Crippen LogP contribution in [0.25, 0.3) is 0 Å². The molecule has 20 heavy (non-hydrogen) atoms. The fraction of sp³-hybridized carbons (Fsp3) is 0.385. The summed E-state index contributed by atoms with van der Waals surface area (Å²) in [5, 5.41) is 2.65. The lowest BCUT2D eigenvalue weighted by Gasteiger charge is -2.13. The molecule has 0 bridgehead atoms. The molecule has 0 radical (unpaired) electrons. The van der Waals surface area contributed by atoms with Crippen molar-refractivity contribution in [3.8, 4) is 0 Å². The fourth-order valence-corrected chi connectivity index (χ4v) is 1.44. The van der Waals surface area contributed by atoms with Gasteiger partial charge in [0.05, 0.1) is 6.61 Å². The third-order valence-corrected chi connectivity index (χ3v) is 2.49. The van der Waals surface area contributed by atoms with Crippen LogP contribution in [0.3, 0.4) is 0 Å². The van der Waals surface area contributed by atoms with Crippen molar-refractivity contribution >= 4 is 29.9 Å². The van der Waals surface area contributed by atoms with E-state index in [0.29, 0.717) is 11.3 Å². The highest BCUT2D eigenvalue weighted by atomic mass is 35.5. The molecule has 0 heterocycles. The predicted octanol–water partition coefficient (Wildman–Crippen LogP) is 0.722. The third-order valence-electron chi connectivity index (χ3n) is 2.49. The number of hydrogen-bond acceptors (Lipinski definition) is 4. The van der Waals surface area contributed by atoms with Crippen LogP contribution in [-0.2, 0) is 9.53 Å². The van der Waals surface area contributed by atoms with Crippen LogP contribution in [0.1, 0.15) is 10.4 Å². The summed E-state index contributed by atoms with van der Waals surface area (Å²) in [7, 11) is 4.85. The quantitative estimate of drug-likeness (QED) is 0.839. The van der Waals surface area contributed by atoms with Gasteiger partial charge in [0.1, 0.15) is 6.04 Å². The van der Waals surface area contributed by atoms with Crippen LogP contribution >= 0.6 is 12.4 Å². The normalized spacial score (nSPS) is 11.2. The zero-order chi connectivity index (χ0) is 14.4. The van der Waals surface area contributed by atoms with E-state index in [1.54, 1.807) is 38.4 Å². The number of nitrogens with one attached hydrogen (secondary N) is 1. The van der Waals surface area contributed by atoms with E-state index in [-0.39, 0.29) is 30.8 Å². The maximum Gasteiger partial charge on any atom is 0.253 e. The van der Waals surface area contributed by atoms with Crippen LogP contribution in [0, 0.1) is 0 Å². The standard InChI is InChI=1S/C13H19N3O3.ClH/c1-16(2)13(18)9-4-6-10(7-5-9)15-12(17)11(14)8-19-3;/h4-7,11H,8,14H2,1-3H3,(H,15,17);1H. The molecule has 0 fully saturated rings. The first-order chi connectivity index (χ1) is 8.95. The molecule has 2 amide bonds. The minimum atomic E-state index is -0.715. The Kier molecular flexibility index (Phi) is 7.83. The second-order valence-corrected chi connectivity index (χ2v) is 4.33. The largest absolute Gasteiger partial charge is 0.383 e. The molecule has 1 atom stereocenters. The highest BCUT2D eigenvalue weighted by Gasteiger charge is 2.13. The molecule has 1 aromatic rings. The van der Waals surface area contributed by atoms with Gasteiger partial charge in [0.25, 0.3) is 5.91 Å². The average molecular weight is 302 g/mol. The van der Waals surface area contributed by atoms with Crippen molar-refractivity contribution in [3.05, 3.63) is 29.8 Å². The van der Waals surface area contributed by atoms with E-state index >= 15 is 0 Å². The van der Waals surface area contributed by atoms with Gasteiger partial charge in [-0.15, -0.1) is 12.4 Å². The first-order valence-electron chi connectivity index (χ1n) is 5.82. The second kappa shape index (κ2) is 8.52. The van der Waals surface area contributed by atoms with Crippen LogP contribution in [0.15, 0.2) is 24.3 Å². The van der Waals surface area contributed by atoms with Gasteiger partial charge in [-0.3, -0.25) is 9.59 Å². The summed E-state index contributed by atoms with van der Waals surface area (Å²) in [5.74, 6) is -0.414. The topological polar surface area (TPSA) is 84.7 Å². The number of benzene rings is 1. The number of ether oxygens (including phenoxy) is 1. The van der Waals surface area contributed by atoms with Crippen molar-refractivity contribution in [1.29, 1.82) is 0 Å². The van der Waals surface area contributed by atoms with Gasteiger partial charge in [0, 0.05) is 32.5 Å². The summed E-state index contributed by atoms with van der Waals surface area (Å²) in [5.41, 5.74) is 6.74. The molecule has 0 saturated heterocycles. The van der Waals surface area contributed by atoms with E-state index in [4.69, 9.17) is 10.5 Å². The molecule has 7 heteroatoms. The Morgan fingerprint density at radius 1 is 1.30 bits per heavy atom. The molecular weight excluding hydrogens is 282 g/mol. The number of hydrogen-bond donors (Lipinski definition) is 2. The van der Waals surface area contributed by atoms with Gasteiger partial charge in [-0.1, -0.05) is 0 Å². The molecule has 112 valence electrons. The maximum absolute atomic E-state index is 11.7. The Morgan fingerprint density at radius 3 is 2.30 bits per heavy atom.